The quantitative estimate of drug-likeness (QED) is 0.295. The van der Waals surface area contributed by atoms with E-state index in [1.807, 2.05) is 47.4 Å². The Morgan fingerprint density at radius 2 is 1.92 bits per heavy atom. The predicted octanol–water partition coefficient (Wildman–Crippen LogP) is 2.17. The molecule has 0 fully saturated rings. The first-order chi connectivity index (χ1) is 12.0. The second kappa shape index (κ2) is 8.73. The Morgan fingerprint density at radius 1 is 1.20 bits per heavy atom. The highest BCUT2D eigenvalue weighted by Crippen LogP contribution is 2.17. The van der Waals surface area contributed by atoms with Crippen LogP contribution in [0.4, 0.5) is 11.4 Å². The zero-order valence-corrected chi connectivity index (χ0v) is 14.4. The van der Waals surface area contributed by atoms with Crippen molar-refractivity contribution in [3.63, 3.8) is 0 Å². The monoisotopic (exact) mass is 340 g/mol. The summed E-state index contributed by atoms with van der Waals surface area (Å²) in [6, 6.07) is 15.1. The van der Waals surface area contributed by atoms with E-state index in [0.29, 0.717) is 12.1 Å². The van der Waals surface area contributed by atoms with Crippen LogP contribution in [0.3, 0.4) is 0 Å². The smallest absolute Gasteiger partial charge is 0.325 e. The van der Waals surface area contributed by atoms with E-state index >= 15 is 0 Å². The van der Waals surface area contributed by atoms with E-state index in [2.05, 4.69) is 0 Å². The fraction of sp³-hybridized carbons (Fsp3) is 0.263. The maximum Gasteiger partial charge on any atom is 0.325 e. The number of nitrogens with two attached hydrogens (primary N) is 2. The Kier molecular flexibility index (Phi) is 6.39. The van der Waals surface area contributed by atoms with Crippen molar-refractivity contribution in [2.45, 2.75) is 12.8 Å². The Balaban J connectivity index is 2.07. The minimum atomic E-state index is -0.305. The summed E-state index contributed by atoms with van der Waals surface area (Å²) in [5.41, 5.74) is 14.7. The molecule has 0 spiro atoms. The van der Waals surface area contributed by atoms with Crippen molar-refractivity contribution in [1.82, 2.24) is 0 Å². The molecule has 0 unspecified atom stereocenters. The van der Waals surface area contributed by atoms with Gasteiger partial charge in [-0.25, -0.2) is 0 Å². The molecule has 2 aromatic rings. The lowest BCUT2D eigenvalue weighted by Gasteiger charge is -2.24. The number of carbonyl (C=O) groups excluding carboxylic acids is 1. The van der Waals surface area contributed by atoms with Gasteiger partial charge in [0.15, 0.2) is 0 Å². The number of nitrogens with zero attached hydrogens (tertiary/aromatic N) is 1. The fourth-order valence-electron chi connectivity index (χ4n) is 2.55. The van der Waals surface area contributed by atoms with E-state index in [-0.39, 0.29) is 18.3 Å². The number of rotatable bonds is 8. The van der Waals surface area contributed by atoms with Crippen LogP contribution in [0.25, 0.3) is 0 Å². The molecule has 0 saturated heterocycles. The predicted molar refractivity (Wildman–Crippen MR) is 101 cm³/mol. The van der Waals surface area contributed by atoms with Gasteiger partial charge in [-0.15, -0.1) is 0 Å². The number of aryl methyl sites for hydroxylation is 1. The number of nitrogen functional groups attached to an aromatic ring is 2. The summed E-state index contributed by atoms with van der Waals surface area (Å²) in [5.74, 6) is -0.303. The van der Waals surface area contributed by atoms with E-state index in [9.17, 15) is 4.79 Å². The SMILES string of the molecule is COC(=O)CN(CCCc1ccc(N)cc1)c1cccc(C(=N)N)c1. The summed E-state index contributed by atoms with van der Waals surface area (Å²) in [4.78, 5) is 13.7. The molecule has 6 nitrogen and oxygen atoms in total. The Hall–Kier alpha value is -3.02. The molecular formula is C19H24N4O2. The summed E-state index contributed by atoms with van der Waals surface area (Å²) in [6.45, 7) is 0.834. The van der Waals surface area contributed by atoms with Crippen molar-refractivity contribution < 1.29 is 9.53 Å². The summed E-state index contributed by atoms with van der Waals surface area (Å²) in [7, 11) is 1.38. The van der Waals surface area contributed by atoms with Crippen molar-refractivity contribution in [2.24, 2.45) is 5.73 Å². The van der Waals surface area contributed by atoms with Gasteiger partial charge in [-0.05, 0) is 42.7 Å². The van der Waals surface area contributed by atoms with Gasteiger partial charge in [0, 0.05) is 23.5 Å². The third-order valence-corrected chi connectivity index (χ3v) is 3.94. The first-order valence-corrected chi connectivity index (χ1v) is 8.10. The third-order valence-electron chi connectivity index (χ3n) is 3.94. The van der Waals surface area contributed by atoms with Gasteiger partial charge in [0.1, 0.15) is 12.4 Å². The number of hydrogen-bond acceptors (Lipinski definition) is 5. The van der Waals surface area contributed by atoms with Gasteiger partial charge in [0.05, 0.1) is 7.11 Å². The van der Waals surface area contributed by atoms with Gasteiger partial charge in [-0.2, -0.15) is 0 Å². The van der Waals surface area contributed by atoms with Crippen LogP contribution in [0.15, 0.2) is 48.5 Å². The molecule has 0 atom stereocenters. The molecule has 0 heterocycles. The summed E-state index contributed by atoms with van der Waals surface area (Å²) >= 11 is 0. The fourth-order valence-corrected chi connectivity index (χ4v) is 2.55. The molecule has 6 heteroatoms. The molecule has 5 N–H and O–H groups in total. The molecule has 2 rings (SSSR count). The number of esters is 1. The average Bonchev–Trinajstić information content (AvgIpc) is 2.62. The number of ether oxygens (including phenoxy) is 1. The number of carbonyl (C=O) groups is 1. The molecule has 0 aromatic heterocycles. The van der Waals surface area contributed by atoms with Crippen molar-refractivity contribution in [3.05, 3.63) is 59.7 Å². The molecule has 132 valence electrons. The van der Waals surface area contributed by atoms with Crippen LogP contribution in [0, 0.1) is 5.41 Å². The maximum absolute atomic E-state index is 11.7. The molecule has 0 aliphatic heterocycles. The van der Waals surface area contributed by atoms with Crippen molar-refractivity contribution in [2.75, 3.05) is 30.8 Å². The molecule has 0 radical (unpaired) electrons. The van der Waals surface area contributed by atoms with Gasteiger partial charge in [0.25, 0.3) is 0 Å². The Morgan fingerprint density at radius 3 is 2.56 bits per heavy atom. The normalized spacial score (nSPS) is 10.3. The standard InChI is InChI=1S/C19H24N4O2/c1-25-18(24)13-23(17-6-2-5-15(12-17)19(21)22)11-3-4-14-7-9-16(20)10-8-14/h2,5-10,12H,3-4,11,13,20H2,1H3,(H3,21,22). The van der Waals surface area contributed by atoms with E-state index < -0.39 is 0 Å². The van der Waals surface area contributed by atoms with Crippen molar-refractivity contribution in [1.29, 1.82) is 5.41 Å². The number of nitrogens with one attached hydrogen (secondary N) is 1. The van der Waals surface area contributed by atoms with E-state index in [1.54, 1.807) is 6.07 Å². The van der Waals surface area contributed by atoms with Crippen LogP contribution >= 0.6 is 0 Å². The lowest BCUT2D eigenvalue weighted by Crippen LogP contribution is -2.32. The second-order valence-electron chi connectivity index (χ2n) is 5.81. The van der Waals surface area contributed by atoms with Crippen molar-refractivity contribution in [3.8, 4) is 0 Å². The third kappa shape index (κ3) is 5.53. The largest absolute Gasteiger partial charge is 0.468 e. The highest BCUT2D eigenvalue weighted by atomic mass is 16.5. The average molecular weight is 340 g/mol. The van der Waals surface area contributed by atoms with Crippen LogP contribution in [0.5, 0.6) is 0 Å². The van der Waals surface area contributed by atoms with Crippen LogP contribution in [0.2, 0.25) is 0 Å². The van der Waals surface area contributed by atoms with E-state index in [1.165, 1.54) is 12.7 Å². The topological polar surface area (TPSA) is 105 Å². The zero-order chi connectivity index (χ0) is 18.2. The molecule has 0 saturated carbocycles. The lowest BCUT2D eigenvalue weighted by molar-refractivity contribution is -0.138. The maximum atomic E-state index is 11.7. The van der Waals surface area contributed by atoms with Gasteiger partial charge in [0.2, 0.25) is 0 Å². The Bertz CT molecular complexity index is 728. The minimum absolute atomic E-state index is 0.00161. The molecule has 0 aliphatic rings. The molecule has 2 aromatic carbocycles. The van der Waals surface area contributed by atoms with Gasteiger partial charge < -0.3 is 21.1 Å². The highest BCUT2D eigenvalue weighted by molar-refractivity contribution is 5.95. The first-order valence-electron chi connectivity index (χ1n) is 8.10. The zero-order valence-electron chi connectivity index (χ0n) is 14.4. The number of anilines is 2. The molecule has 25 heavy (non-hydrogen) atoms. The number of benzene rings is 2. The first kappa shape index (κ1) is 18.3. The molecular weight excluding hydrogens is 316 g/mol. The molecule has 0 aliphatic carbocycles. The van der Waals surface area contributed by atoms with Crippen LogP contribution in [-0.2, 0) is 16.0 Å². The summed E-state index contributed by atoms with van der Waals surface area (Å²) in [5, 5.41) is 7.58. The van der Waals surface area contributed by atoms with Gasteiger partial charge in [-0.3, -0.25) is 10.2 Å². The minimum Gasteiger partial charge on any atom is -0.468 e. The Labute approximate surface area is 147 Å². The second-order valence-corrected chi connectivity index (χ2v) is 5.81. The van der Waals surface area contributed by atoms with Crippen LogP contribution in [0.1, 0.15) is 17.5 Å². The van der Waals surface area contributed by atoms with Crippen LogP contribution in [-0.4, -0.2) is 32.0 Å². The molecule has 0 bridgehead atoms. The van der Waals surface area contributed by atoms with Crippen LogP contribution < -0.4 is 16.4 Å². The summed E-state index contributed by atoms with van der Waals surface area (Å²) < 4.78 is 4.80. The van der Waals surface area contributed by atoms with Gasteiger partial charge >= 0.3 is 5.97 Å². The van der Waals surface area contributed by atoms with Gasteiger partial charge in [-0.1, -0.05) is 24.3 Å². The number of hydrogen-bond donors (Lipinski definition) is 3. The van der Waals surface area contributed by atoms with E-state index in [0.717, 1.165) is 24.2 Å². The molecule has 0 amide bonds. The number of amidine groups is 1. The number of methoxy groups -OCH3 is 1. The lowest BCUT2D eigenvalue weighted by atomic mass is 10.1. The van der Waals surface area contributed by atoms with E-state index in [4.69, 9.17) is 21.6 Å². The van der Waals surface area contributed by atoms with Crippen molar-refractivity contribution >= 4 is 23.2 Å². The highest BCUT2D eigenvalue weighted by Gasteiger charge is 2.13. The summed E-state index contributed by atoms with van der Waals surface area (Å²) in [6.07, 6.45) is 1.75.